The summed E-state index contributed by atoms with van der Waals surface area (Å²) in [7, 11) is 0. The SMILES string of the molecule is Cc1nc(C(=O)NC(CC(C)C)c2nc3ccccc3[nH]2)c(C)s1. The number of aromatic nitrogens is 3. The van der Waals surface area contributed by atoms with Crippen LogP contribution in [0, 0.1) is 19.8 Å². The van der Waals surface area contributed by atoms with E-state index in [4.69, 9.17) is 0 Å². The molecule has 0 saturated carbocycles. The average Bonchev–Trinajstić information content (AvgIpc) is 3.08. The zero-order valence-corrected chi connectivity index (χ0v) is 15.2. The Hall–Kier alpha value is -2.21. The molecule has 0 aliphatic carbocycles. The largest absolute Gasteiger partial charge is 0.341 e. The molecule has 0 saturated heterocycles. The number of amides is 1. The molecule has 0 aliphatic rings. The minimum atomic E-state index is -0.161. The van der Waals surface area contributed by atoms with Gasteiger partial charge >= 0.3 is 0 Å². The number of aryl methyl sites for hydroxylation is 2. The van der Waals surface area contributed by atoms with Gasteiger partial charge in [0.2, 0.25) is 0 Å². The van der Waals surface area contributed by atoms with Crippen molar-refractivity contribution in [3.63, 3.8) is 0 Å². The van der Waals surface area contributed by atoms with Crippen LogP contribution < -0.4 is 5.32 Å². The van der Waals surface area contributed by atoms with Gasteiger partial charge in [0.1, 0.15) is 11.5 Å². The number of hydrogen-bond donors (Lipinski definition) is 2. The van der Waals surface area contributed by atoms with Crippen molar-refractivity contribution in [3.8, 4) is 0 Å². The third-order valence-electron chi connectivity index (χ3n) is 3.87. The molecule has 2 heterocycles. The van der Waals surface area contributed by atoms with Crippen LogP contribution >= 0.6 is 11.3 Å². The van der Waals surface area contributed by atoms with Crippen LogP contribution in [0.15, 0.2) is 24.3 Å². The predicted molar refractivity (Wildman–Crippen MR) is 97.3 cm³/mol. The van der Waals surface area contributed by atoms with E-state index in [1.807, 2.05) is 38.1 Å². The fraction of sp³-hybridized carbons (Fsp3) is 0.389. The van der Waals surface area contributed by atoms with Gasteiger partial charge < -0.3 is 10.3 Å². The molecule has 1 unspecified atom stereocenters. The molecule has 0 aliphatic heterocycles. The van der Waals surface area contributed by atoms with Gasteiger partial charge in [0.15, 0.2) is 0 Å². The normalized spacial score (nSPS) is 12.7. The Morgan fingerprint density at radius 1 is 1.25 bits per heavy atom. The Morgan fingerprint density at radius 3 is 2.62 bits per heavy atom. The summed E-state index contributed by atoms with van der Waals surface area (Å²) in [5.41, 5.74) is 2.41. The first-order valence-corrected chi connectivity index (χ1v) is 8.95. The lowest BCUT2D eigenvalue weighted by atomic mass is 10.0. The summed E-state index contributed by atoms with van der Waals surface area (Å²) < 4.78 is 0. The lowest BCUT2D eigenvalue weighted by Gasteiger charge is -2.18. The number of hydrogen-bond acceptors (Lipinski definition) is 4. The minimum absolute atomic E-state index is 0.136. The Bertz CT molecular complexity index is 832. The quantitative estimate of drug-likeness (QED) is 0.731. The highest BCUT2D eigenvalue weighted by atomic mass is 32.1. The van der Waals surface area contributed by atoms with Crippen molar-refractivity contribution in [1.82, 2.24) is 20.3 Å². The summed E-state index contributed by atoms with van der Waals surface area (Å²) in [5.74, 6) is 1.09. The highest BCUT2D eigenvalue weighted by Crippen LogP contribution is 2.23. The number of fused-ring (bicyclic) bond motifs is 1. The van der Waals surface area contributed by atoms with Crippen LogP contribution in [0.5, 0.6) is 0 Å². The number of rotatable bonds is 5. The van der Waals surface area contributed by atoms with E-state index >= 15 is 0 Å². The van der Waals surface area contributed by atoms with Crippen molar-refractivity contribution in [3.05, 3.63) is 45.7 Å². The number of nitrogens with zero attached hydrogens (tertiary/aromatic N) is 2. The van der Waals surface area contributed by atoms with Gasteiger partial charge in [0.25, 0.3) is 5.91 Å². The zero-order valence-electron chi connectivity index (χ0n) is 14.4. The number of aromatic amines is 1. The van der Waals surface area contributed by atoms with E-state index in [2.05, 4.69) is 34.1 Å². The van der Waals surface area contributed by atoms with Crippen LogP contribution in [0.25, 0.3) is 11.0 Å². The topological polar surface area (TPSA) is 70.7 Å². The van der Waals surface area contributed by atoms with Crippen LogP contribution in [-0.4, -0.2) is 20.9 Å². The first-order valence-electron chi connectivity index (χ1n) is 8.13. The second kappa shape index (κ2) is 6.73. The molecule has 126 valence electrons. The van der Waals surface area contributed by atoms with E-state index < -0.39 is 0 Å². The smallest absolute Gasteiger partial charge is 0.271 e. The summed E-state index contributed by atoms with van der Waals surface area (Å²) in [6.45, 7) is 8.12. The number of imidazole rings is 1. The third-order valence-corrected chi connectivity index (χ3v) is 4.76. The molecule has 1 amide bonds. The van der Waals surface area contributed by atoms with Gasteiger partial charge in [-0.05, 0) is 38.3 Å². The molecular weight excluding hydrogens is 320 g/mol. The van der Waals surface area contributed by atoms with E-state index in [0.717, 1.165) is 33.2 Å². The van der Waals surface area contributed by atoms with Gasteiger partial charge in [-0.1, -0.05) is 26.0 Å². The van der Waals surface area contributed by atoms with E-state index in [1.54, 1.807) is 11.3 Å². The zero-order chi connectivity index (χ0) is 17.3. The molecule has 3 rings (SSSR count). The summed E-state index contributed by atoms with van der Waals surface area (Å²) in [5, 5.41) is 4.01. The number of benzene rings is 1. The van der Waals surface area contributed by atoms with Crippen molar-refractivity contribution in [1.29, 1.82) is 0 Å². The van der Waals surface area contributed by atoms with Crippen LogP contribution in [-0.2, 0) is 0 Å². The summed E-state index contributed by atoms with van der Waals surface area (Å²) >= 11 is 1.54. The number of para-hydroxylation sites is 2. The summed E-state index contributed by atoms with van der Waals surface area (Å²) in [4.78, 5) is 25.9. The van der Waals surface area contributed by atoms with Crippen LogP contribution in [0.2, 0.25) is 0 Å². The molecule has 3 aromatic rings. The number of nitrogens with one attached hydrogen (secondary N) is 2. The van der Waals surface area contributed by atoms with Crippen molar-refractivity contribution in [2.24, 2.45) is 5.92 Å². The maximum atomic E-state index is 12.7. The molecule has 2 N–H and O–H groups in total. The van der Waals surface area contributed by atoms with Crippen LogP contribution in [0.4, 0.5) is 0 Å². The summed E-state index contributed by atoms with van der Waals surface area (Å²) in [6.07, 6.45) is 0.813. The molecular formula is C18H22N4OS. The highest BCUT2D eigenvalue weighted by Gasteiger charge is 2.22. The maximum Gasteiger partial charge on any atom is 0.271 e. The van der Waals surface area contributed by atoms with Gasteiger partial charge in [-0.3, -0.25) is 4.79 Å². The average molecular weight is 342 g/mol. The fourth-order valence-corrected chi connectivity index (χ4v) is 3.63. The number of thiazole rings is 1. The van der Waals surface area contributed by atoms with E-state index in [9.17, 15) is 4.79 Å². The third kappa shape index (κ3) is 3.48. The number of H-pyrrole nitrogens is 1. The first kappa shape index (κ1) is 16.6. The fourth-order valence-electron chi connectivity index (χ4n) is 2.81. The Balaban J connectivity index is 1.88. The summed E-state index contributed by atoms with van der Waals surface area (Å²) in [6, 6.07) is 7.74. The van der Waals surface area contributed by atoms with Crippen molar-refractivity contribution >= 4 is 28.3 Å². The maximum absolute atomic E-state index is 12.7. The minimum Gasteiger partial charge on any atom is -0.341 e. The number of carbonyl (C=O) groups is 1. The molecule has 24 heavy (non-hydrogen) atoms. The van der Waals surface area contributed by atoms with Gasteiger partial charge in [0, 0.05) is 4.88 Å². The second-order valence-electron chi connectivity index (χ2n) is 6.43. The van der Waals surface area contributed by atoms with Crippen LogP contribution in [0.1, 0.15) is 52.5 Å². The molecule has 1 atom stereocenters. The molecule has 1 aromatic carbocycles. The van der Waals surface area contributed by atoms with Gasteiger partial charge in [-0.25, -0.2) is 9.97 Å². The van der Waals surface area contributed by atoms with Gasteiger partial charge in [0.05, 0.1) is 22.1 Å². The molecule has 0 radical (unpaired) electrons. The van der Waals surface area contributed by atoms with E-state index in [1.165, 1.54) is 0 Å². The van der Waals surface area contributed by atoms with Crippen molar-refractivity contribution < 1.29 is 4.79 Å². The van der Waals surface area contributed by atoms with E-state index in [-0.39, 0.29) is 11.9 Å². The molecule has 0 spiro atoms. The van der Waals surface area contributed by atoms with Gasteiger partial charge in [-0.2, -0.15) is 0 Å². The molecule has 2 aromatic heterocycles. The van der Waals surface area contributed by atoms with Crippen molar-refractivity contribution in [2.45, 2.75) is 40.2 Å². The lowest BCUT2D eigenvalue weighted by molar-refractivity contribution is 0.0925. The Kier molecular flexibility index (Phi) is 4.66. The Labute approximate surface area is 145 Å². The van der Waals surface area contributed by atoms with Gasteiger partial charge in [-0.15, -0.1) is 11.3 Å². The number of carbonyl (C=O) groups excluding carboxylic acids is 1. The highest BCUT2D eigenvalue weighted by molar-refractivity contribution is 7.11. The first-order chi connectivity index (χ1) is 11.4. The Morgan fingerprint density at radius 2 is 2.00 bits per heavy atom. The van der Waals surface area contributed by atoms with Crippen LogP contribution in [0.3, 0.4) is 0 Å². The second-order valence-corrected chi connectivity index (χ2v) is 7.84. The molecule has 0 fully saturated rings. The van der Waals surface area contributed by atoms with E-state index in [0.29, 0.717) is 11.6 Å². The monoisotopic (exact) mass is 342 g/mol. The molecule has 6 heteroatoms. The predicted octanol–water partition coefficient (Wildman–Crippen LogP) is 4.15. The standard InChI is InChI=1S/C18H22N4OS/c1-10(2)9-15(17-20-13-7-5-6-8-14(13)21-17)22-18(23)16-11(3)24-12(4)19-16/h5-8,10,15H,9H2,1-4H3,(H,20,21)(H,22,23). The lowest BCUT2D eigenvalue weighted by Crippen LogP contribution is -2.31. The molecule has 0 bridgehead atoms. The molecule has 5 nitrogen and oxygen atoms in total. The van der Waals surface area contributed by atoms with Crippen molar-refractivity contribution in [2.75, 3.05) is 0 Å².